The van der Waals surface area contributed by atoms with Gasteiger partial charge in [-0.1, -0.05) is 0 Å². The number of ether oxygens (including phenoxy) is 1. The van der Waals surface area contributed by atoms with Gasteiger partial charge in [-0.3, -0.25) is 4.98 Å². The fraction of sp³-hybridized carbons (Fsp3) is 0.500. The number of nitrogen functional groups attached to an aromatic ring is 1. The Hall–Kier alpha value is -1.09. The summed E-state index contributed by atoms with van der Waals surface area (Å²) in [6.07, 6.45) is 4.59. The van der Waals surface area contributed by atoms with E-state index in [2.05, 4.69) is 4.98 Å². The van der Waals surface area contributed by atoms with E-state index >= 15 is 0 Å². The first-order valence-corrected chi connectivity index (χ1v) is 4.50. The van der Waals surface area contributed by atoms with E-state index in [-0.39, 0.29) is 6.10 Å². The van der Waals surface area contributed by atoms with E-state index in [1.54, 1.807) is 12.4 Å². The summed E-state index contributed by atoms with van der Waals surface area (Å²) in [5, 5.41) is 0. The molecule has 0 aromatic carbocycles. The Morgan fingerprint density at radius 2 is 2.31 bits per heavy atom. The minimum absolute atomic E-state index is 0.276. The summed E-state index contributed by atoms with van der Waals surface area (Å²) >= 11 is 0. The molecule has 0 unspecified atom stereocenters. The lowest BCUT2D eigenvalue weighted by Gasteiger charge is -2.08. The van der Waals surface area contributed by atoms with Crippen LogP contribution < -0.4 is 5.73 Å². The molecule has 3 heteroatoms. The van der Waals surface area contributed by atoms with Gasteiger partial charge >= 0.3 is 0 Å². The number of hydrogen-bond acceptors (Lipinski definition) is 3. The summed E-state index contributed by atoms with van der Waals surface area (Å²) in [5.41, 5.74) is 7.59. The van der Waals surface area contributed by atoms with Gasteiger partial charge in [0.1, 0.15) is 0 Å². The summed E-state index contributed by atoms with van der Waals surface area (Å²) in [6.45, 7) is 4.74. The molecular weight excluding hydrogens is 164 g/mol. The van der Waals surface area contributed by atoms with Crippen molar-refractivity contribution in [2.24, 2.45) is 0 Å². The van der Waals surface area contributed by atoms with Crippen LogP contribution in [0.5, 0.6) is 0 Å². The normalized spacial score (nSPS) is 10.7. The predicted molar refractivity (Wildman–Crippen MR) is 53.4 cm³/mol. The van der Waals surface area contributed by atoms with Crippen molar-refractivity contribution >= 4 is 5.69 Å². The van der Waals surface area contributed by atoms with Crippen molar-refractivity contribution in [3.8, 4) is 0 Å². The van der Waals surface area contributed by atoms with Gasteiger partial charge in [0.05, 0.1) is 12.7 Å². The molecule has 0 radical (unpaired) electrons. The summed E-state index contributed by atoms with van der Waals surface area (Å²) < 4.78 is 5.42. The topological polar surface area (TPSA) is 48.1 Å². The first-order chi connectivity index (χ1) is 6.20. The fourth-order valence-electron chi connectivity index (χ4n) is 1.05. The van der Waals surface area contributed by atoms with E-state index in [9.17, 15) is 0 Å². The maximum absolute atomic E-state index is 5.74. The molecule has 2 N–H and O–H groups in total. The fourth-order valence-corrected chi connectivity index (χ4v) is 1.05. The van der Waals surface area contributed by atoms with E-state index in [4.69, 9.17) is 10.5 Å². The van der Waals surface area contributed by atoms with Gasteiger partial charge in [0.25, 0.3) is 0 Å². The average Bonchev–Trinajstić information content (AvgIpc) is 2.08. The Balaban J connectivity index is 2.41. The molecule has 1 aromatic heterocycles. The highest BCUT2D eigenvalue weighted by molar-refractivity contribution is 5.44. The van der Waals surface area contributed by atoms with Gasteiger partial charge in [-0.05, 0) is 31.9 Å². The standard InChI is InChI=1S/C10H16N2O/c1-8(2)13-6-4-9-7-12-5-3-10(9)11/h3,5,7-8H,4,6H2,1-2H3,(H2,11,12). The summed E-state index contributed by atoms with van der Waals surface area (Å²) in [4.78, 5) is 4.01. The van der Waals surface area contributed by atoms with Gasteiger partial charge in [-0.25, -0.2) is 0 Å². The van der Waals surface area contributed by atoms with Crippen molar-refractivity contribution < 1.29 is 4.74 Å². The second-order valence-corrected chi connectivity index (χ2v) is 3.24. The van der Waals surface area contributed by atoms with Crippen LogP contribution in [0.15, 0.2) is 18.5 Å². The van der Waals surface area contributed by atoms with Crippen LogP contribution in [0, 0.1) is 0 Å². The molecule has 3 nitrogen and oxygen atoms in total. The van der Waals surface area contributed by atoms with Gasteiger partial charge in [0.15, 0.2) is 0 Å². The minimum atomic E-state index is 0.276. The van der Waals surface area contributed by atoms with Crippen molar-refractivity contribution in [3.05, 3.63) is 24.0 Å². The van der Waals surface area contributed by atoms with E-state index in [1.807, 2.05) is 19.9 Å². The number of pyridine rings is 1. The first kappa shape index (κ1) is 9.99. The Kier molecular flexibility index (Phi) is 3.71. The number of nitrogens with two attached hydrogens (primary N) is 1. The van der Waals surface area contributed by atoms with Crippen molar-refractivity contribution in [1.82, 2.24) is 4.98 Å². The lowest BCUT2D eigenvalue weighted by atomic mass is 10.2. The number of aromatic nitrogens is 1. The van der Waals surface area contributed by atoms with Gasteiger partial charge < -0.3 is 10.5 Å². The minimum Gasteiger partial charge on any atom is -0.398 e. The third kappa shape index (κ3) is 3.42. The highest BCUT2D eigenvalue weighted by Gasteiger charge is 1.99. The molecule has 0 atom stereocenters. The molecule has 0 aliphatic heterocycles. The predicted octanol–water partition coefficient (Wildman–Crippen LogP) is 1.63. The molecule has 0 aliphatic rings. The molecule has 1 rings (SSSR count). The molecule has 1 heterocycles. The Morgan fingerprint density at radius 1 is 1.54 bits per heavy atom. The Morgan fingerprint density at radius 3 is 2.92 bits per heavy atom. The molecule has 72 valence electrons. The highest BCUT2D eigenvalue weighted by Crippen LogP contribution is 2.09. The molecular formula is C10H16N2O. The average molecular weight is 180 g/mol. The maximum atomic E-state index is 5.74. The Bertz CT molecular complexity index is 261. The Labute approximate surface area is 78.9 Å². The molecule has 13 heavy (non-hydrogen) atoms. The SMILES string of the molecule is CC(C)OCCc1cnccc1N. The molecule has 1 aromatic rings. The van der Waals surface area contributed by atoms with Gasteiger partial charge in [-0.2, -0.15) is 0 Å². The molecule has 0 saturated carbocycles. The number of rotatable bonds is 4. The largest absolute Gasteiger partial charge is 0.398 e. The van der Waals surface area contributed by atoms with Crippen molar-refractivity contribution in [1.29, 1.82) is 0 Å². The molecule has 0 saturated heterocycles. The summed E-state index contributed by atoms with van der Waals surface area (Å²) in [7, 11) is 0. The third-order valence-electron chi connectivity index (χ3n) is 1.76. The van der Waals surface area contributed by atoms with E-state index in [0.717, 1.165) is 17.7 Å². The molecule has 0 amide bonds. The van der Waals surface area contributed by atoms with Crippen molar-refractivity contribution in [2.45, 2.75) is 26.4 Å². The first-order valence-electron chi connectivity index (χ1n) is 4.50. The molecule has 0 aliphatic carbocycles. The van der Waals surface area contributed by atoms with E-state index < -0.39 is 0 Å². The van der Waals surface area contributed by atoms with Crippen LogP contribution in [0.25, 0.3) is 0 Å². The van der Waals surface area contributed by atoms with Crippen LogP contribution >= 0.6 is 0 Å². The smallest absolute Gasteiger partial charge is 0.0519 e. The number of nitrogens with zero attached hydrogens (tertiary/aromatic N) is 1. The third-order valence-corrected chi connectivity index (χ3v) is 1.76. The van der Waals surface area contributed by atoms with E-state index in [1.165, 1.54) is 0 Å². The van der Waals surface area contributed by atoms with Gasteiger partial charge in [-0.15, -0.1) is 0 Å². The van der Waals surface area contributed by atoms with Crippen LogP contribution in [0.1, 0.15) is 19.4 Å². The van der Waals surface area contributed by atoms with Crippen LogP contribution in [0.2, 0.25) is 0 Å². The van der Waals surface area contributed by atoms with Crippen molar-refractivity contribution in [3.63, 3.8) is 0 Å². The summed E-state index contributed by atoms with van der Waals surface area (Å²) in [5.74, 6) is 0. The van der Waals surface area contributed by atoms with Crippen LogP contribution in [0.3, 0.4) is 0 Å². The van der Waals surface area contributed by atoms with Crippen molar-refractivity contribution in [2.75, 3.05) is 12.3 Å². The lowest BCUT2D eigenvalue weighted by Crippen LogP contribution is -2.07. The zero-order chi connectivity index (χ0) is 9.68. The van der Waals surface area contributed by atoms with Crippen LogP contribution in [-0.4, -0.2) is 17.7 Å². The summed E-state index contributed by atoms with van der Waals surface area (Å²) in [6, 6.07) is 1.81. The number of anilines is 1. The molecule has 0 fully saturated rings. The van der Waals surface area contributed by atoms with Crippen LogP contribution in [0.4, 0.5) is 5.69 Å². The van der Waals surface area contributed by atoms with Crippen LogP contribution in [-0.2, 0) is 11.2 Å². The monoisotopic (exact) mass is 180 g/mol. The number of hydrogen-bond donors (Lipinski definition) is 1. The zero-order valence-corrected chi connectivity index (χ0v) is 8.16. The van der Waals surface area contributed by atoms with Gasteiger partial charge in [0.2, 0.25) is 0 Å². The quantitative estimate of drug-likeness (QED) is 0.766. The second kappa shape index (κ2) is 4.82. The highest BCUT2D eigenvalue weighted by atomic mass is 16.5. The van der Waals surface area contributed by atoms with Gasteiger partial charge in [0, 0.05) is 18.1 Å². The molecule has 0 spiro atoms. The van der Waals surface area contributed by atoms with E-state index in [0.29, 0.717) is 6.61 Å². The molecule has 0 bridgehead atoms. The maximum Gasteiger partial charge on any atom is 0.0519 e. The second-order valence-electron chi connectivity index (χ2n) is 3.24. The zero-order valence-electron chi connectivity index (χ0n) is 8.16. The lowest BCUT2D eigenvalue weighted by molar-refractivity contribution is 0.0814.